The molecule has 11 amide bonds. The van der Waals surface area contributed by atoms with Crippen molar-refractivity contribution in [2.45, 2.75) is 269 Å². The van der Waals surface area contributed by atoms with Crippen molar-refractivity contribution in [2.75, 3.05) is 32.7 Å². The third-order valence-corrected chi connectivity index (χ3v) is 20.1. The predicted octanol–water partition coefficient (Wildman–Crippen LogP) is 1.49. The zero-order chi connectivity index (χ0) is 83.5. The fraction of sp³-hybridized carbons (Fsp3) is 0.637. The number of para-hydroxylation sites is 1. The molecular weight excluding hydrogens is 1450 g/mol. The minimum Gasteiger partial charge on any atom is -0.480 e. The van der Waals surface area contributed by atoms with Crippen molar-refractivity contribution in [3.8, 4) is 0 Å². The van der Waals surface area contributed by atoms with Crippen LogP contribution < -0.4 is 92.9 Å². The van der Waals surface area contributed by atoms with E-state index in [1.54, 1.807) is 57.3 Å². The molecule has 0 aliphatic rings. The first-order valence-corrected chi connectivity index (χ1v) is 40.4. The van der Waals surface area contributed by atoms with Crippen molar-refractivity contribution < 1.29 is 62.6 Å². The van der Waals surface area contributed by atoms with Crippen LogP contribution in [0.15, 0.2) is 73.3 Å². The molecule has 0 aliphatic heterocycles. The summed E-state index contributed by atoms with van der Waals surface area (Å²) in [6.07, 6.45) is 10.1. The summed E-state index contributed by atoms with van der Waals surface area (Å²) >= 11 is 0. The van der Waals surface area contributed by atoms with Crippen LogP contribution in [0.4, 0.5) is 0 Å². The maximum atomic E-state index is 15.1. The molecule has 4 rings (SSSR count). The number of nitrogens with one attached hydrogen (secondary N) is 13. The number of unbranched alkanes of at least 4 members (excludes halogenated alkanes) is 5. The van der Waals surface area contributed by atoms with Gasteiger partial charge in [-0.3, -0.25) is 52.7 Å². The molecule has 26 N–H and O–H groups in total. The number of hydrogen-bond acceptors (Lipinski definition) is 19. The van der Waals surface area contributed by atoms with E-state index in [0.717, 1.165) is 10.9 Å². The number of aromatic amines is 2. The molecule has 33 nitrogen and oxygen atoms in total. The molecule has 630 valence electrons. The van der Waals surface area contributed by atoms with E-state index in [-0.39, 0.29) is 95.8 Å². The summed E-state index contributed by atoms with van der Waals surface area (Å²) < 4.78 is 0. The average Bonchev–Trinajstić information content (AvgIpc) is 1.63. The van der Waals surface area contributed by atoms with E-state index in [9.17, 15) is 43.5 Å². The highest BCUT2D eigenvalue weighted by atomic mass is 16.4. The molecule has 0 unspecified atom stereocenters. The fourth-order valence-electron chi connectivity index (χ4n) is 13.0. The van der Waals surface area contributed by atoms with Gasteiger partial charge in [0.25, 0.3) is 0 Å². The number of aliphatic carboxylic acids is 1. The number of imidazole rings is 1. The second-order valence-electron chi connectivity index (χ2n) is 30.5. The molecule has 0 aliphatic carbocycles. The smallest absolute Gasteiger partial charge is 0.326 e. The molecule has 0 bridgehead atoms. The van der Waals surface area contributed by atoms with Crippen LogP contribution in [-0.4, -0.2) is 196 Å². The SMILES string of the molecule is CC[C@H](C)[C@H](NC(=O)[C@@H](NC(=O)[C@H](CCCCN)NC(=O)[C@H](Cc1c[nH]c2ccccc12)NC(=O)[C@H](CCCCN)NC(=O)[C@H](CC(C)C)NC(=O)[C@H](Cc1cnc[nH]1)NC(=O)[C@H](CCCCN)NC(=O)[C@H](CCCCN)NC(=O)[C@H](Cc1ccccc1)NC(=O)[C@H](CC(C)C)NC(=O)[C@@H](N)CCCCN)[C@@H](C)CC)C(=O)O. The lowest BCUT2D eigenvalue weighted by Crippen LogP contribution is -2.61. The molecule has 33 heteroatoms. The summed E-state index contributed by atoms with van der Waals surface area (Å²) in [5.74, 6) is -10.7. The summed E-state index contributed by atoms with van der Waals surface area (Å²) in [7, 11) is 0. The molecule has 113 heavy (non-hydrogen) atoms. The number of benzene rings is 2. The maximum absolute atomic E-state index is 15.1. The Balaban J connectivity index is 1.70. The Hall–Kier alpha value is -9.41. The van der Waals surface area contributed by atoms with E-state index in [0.29, 0.717) is 107 Å². The van der Waals surface area contributed by atoms with Crippen molar-refractivity contribution in [3.63, 3.8) is 0 Å². The number of aromatic nitrogens is 3. The maximum Gasteiger partial charge on any atom is 0.326 e. The van der Waals surface area contributed by atoms with Gasteiger partial charge in [-0.1, -0.05) is 123 Å². The molecule has 14 atom stereocenters. The van der Waals surface area contributed by atoms with Crippen LogP contribution in [0, 0.1) is 23.7 Å². The third-order valence-electron chi connectivity index (χ3n) is 20.1. The average molecular weight is 1580 g/mol. The van der Waals surface area contributed by atoms with Crippen molar-refractivity contribution in [2.24, 2.45) is 58.1 Å². The van der Waals surface area contributed by atoms with Gasteiger partial charge < -0.3 is 108 Å². The number of nitrogens with zero attached hydrogens (tertiary/aromatic N) is 1. The minimum absolute atomic E-state index is 0.00609. The predicted molar refractivity (Wildman–Crippen MR) is 434 cm³/mol. The number of nitrogens with two attached hydrogens (primary N) is 6. The number of amides is 11. The van der Waals surface area contributed by atoms with E-state index in [1.165, 1.54) is 12.5 Å². The molecule has 4 aromatic rings. The van der Waals surface area contributed by atoms with Gasteiger partial charge in [0.1, 0.15) is 66.5 Å². The normalized spacial score (nSPS) is 15.2. The van der Waals surface area contributed by atoms with E-state index in [1.807, 2.05) is 58.9 Å². The molecule has 0 saturated carbocycles. The van der Waals surface area contributed by atoms with Crippen molar-refractivity contribution in [1.29, 1.82) is 0 Å². The summed E-state index contributed by atoms with van der Waals surface area (Å²) in [5.41, 5.74) is 38.1. The first-order chi connectivity index (χ1) is 54.0. The lowest BCUT2D eigenvalue weighted by Gasteiger charge is -2.30. The van der Waals surface area contributed by atoms with E-state index in [2.05, 4.69) is 73.4 Å². The Labute approximate surface area is 665 Å². The highest BCUT2D eigenvalue weighted by Crippen LogP contribution is 2.22. The van der Waals surface area contributed by atoms with Crippen molar-refractivity contribution in [1.82, 2.24) is 73.4 Å². The van der Waals surface area contributed by atoms with Gasteiger partial charge in [0.05, 0.1) is 12.4 Å². The van der Waals surface area contributed by atoms with Crippen LogP contribution in [0.25, 0.3) is 10.9 Å². The second-order valence-corrected chi connectivity index (χ2v) is 30.5. The van der Waals surface area contributed by atoms with Crippen LogP contribution >= 0.6 is 0 Å². The Morgan fingerprint density at radius 3 is 1.16 bits per heavy atom. The van der Waals surface area contributed by atoms with Gasteiger partial charge in [0, 0.05) is 48.3 Å². The number of carbonyl (C=O) groups is 12. The zero-order valence-electron chi connectivity index (χ0n) is 67.5. The molecule has 2 aromatic carbocycles. The monoisotopic (exact) mass is 1580 g/mol. The molecule has 0 radical (unpaired) electrons. The van der Waals surface area contributed by atoms with Gasteiger partial charge in [-0.05, 0) is 176 Å². The standard InChI is InChI=1S/C80H132N20O13/c1-9-50(7)67(79(111)100-68(80(112)113)51(8)10-2)99-73(105)61(34-20-25-39-85)93-77(109)65(43-53-45-88-57-30-15-14-28-55(53)57)97-71(103)60(33-19-24-38-84)91-74(106)63(41-49(5)6)95-78(110)66(44-54-46-87-47-89-54)98-72(104)59(32-18-23-37-83)90-70(102)58(31-17-22-36-82)92-76(108)64(42-52-26-12-11-13-27-52)96-75(107)62(40-48(3)4)94-69(101)56(86)29-16-21-35-81/h11-15,26-28,30,45-51,56,58-68,88H,9-10,16-25,29,31-44,81-86H2,1-8H3,(H,87,89)(H,90,102)(H,91,106)(H,92,108)(H,93,109)(H,94,101)(H,95,110)(H,96,107)(H,97,103)(H,98,104)(H,99,105)(H,100,111)(H,112,113)/t50-,51-,56-,58-,59-,60-,61-,62-,63-,64-,65-,66-,67-,68-/m0/s1. The number of carbonyl (C=O) groups excluding carboxylic acids is 11. The Kier molecular flexibility index (Phi) is 44.2. The molecule has 0 spiro atoms. The van der Waals surface area contributed by atoms with Crippen LogP contribution in [-0.2, 0) is 76.8 Å². The fourth-order valence-corrected chi connectivity index (χ4v) is 13.0. The number of H-pyrrole nitrogens is 2. The van der Waals surface area contributed by atoms with Crippen molar-refractivity contribution >= 4 is 81.9 Å². The van der Waals surface area contributed by atoms with Crippen LogP contribution in [0.5, 0.6) is 0 Å². The number of fused-ring (bicyclic) bond motifs is 1. The lowest BCUT2D eigenvalue weighted by molar-refractivity contribution is -0.144. The highest BCUT2D eigenvalue weighted by molar-refractivity contribution is 6.00. The molecule has 2 aromatic heterocycles. The van der Waals surface area contributed by atoms with E-state index >= 15 is 19.2 Å². The molecular formula is C80H132N20O13. The summed E-state index contributed by atoms with van der Waals surface area (Å²) in [4.78, 5) is 184. The third kappa shape index (κ3) is 34.1. The number of hydrogen-bond donors (Lipinski definition) is 20. The minimum atomic E-state index is -1.46. The van der Waals surface area contributed by atoms with Crippen molar-refractivity contribution in [3.05, 3.63) is 90.1 Å². The number of carboxylic acid groups (broad SMARTS) is 1. The van der Waals surface area contributed by atoms with Gasteiger partial charge in [0.15, 0.2) is 0 Å². The van der Waals surface area contributed by atoms with Gasteiger partial charge >= 0.3 is 5.97 Å². The first kappa shape index (κ1) is 96.0. The first-order valence-electron chi connectivity index (χ1n) is 40.4. The van der Waals surface area contributed by atoms with Gasteiger partial charge in [0.2, 0.25) is 65.0 Å². The Bertz CT molecular complexity index is 3580. The van der Waals surface area contributed by atoms with Crippen LogP contribution in [0.1, 0.15) is 194 Å². The lowest BCUT2D eigenvalue weighted by atomic mass is 9.95. The number of rotatable bonds is 57. The van der Waals surface area contributed by atoms with Gasteiger partial charge in [-0.25, -0.2) is 9.78 Å². The second kappa shape index (κ2) is 52.1. The van der Waals surface area contributed by atoms with E-state index < -0.39 is 155 Å². The Morgan fingerprint density at radius 1 is 0.389 bits per heavy atom. The highest BCUT2D eigenvalue weighted by Gasteiger charge is 2.39. The molecule has 0 fully saturated rings. The van der Waals surface area contributed by atoms with Crippen LogP contribution in [0.3, 0.4) is 0 Å². The number of carboxylic acids is 1. The van der Waals surface area contributed by atoms with Gasteiger partial charge in [-0.2, -0.15) is 0 Å². The molecule has 0 saturated heterocycles. The Morgan fingerprint density at radius 2 is 0.743 bits per heavy atom. The topological polar surface area (TPSA) is 558 Å². The van der Waals surface area contributed by atoms with Crippen LogP contribution in [0.2, 0.25) is 0 Å². The summed E-state index contributed by atoms with van der Waals surface area (Å²) in [5, 5.41) is 41.7. The van der Waals surface area contributed by atoms with Gasteiger partial charge in [-0.15, -0.1) is 0 Å². The zero-order valence-corrected chi connectivity index (χ0v) is 67.5. The van der Waals surface area contributed by atoms with E-state index in [4.69, 9.17) is 34.4 Å². The largest absolute Gasteiger partial charge is 0.480 e. The summed E-state index contributed by atoms with van der Waals surface area (Å²) in [6.45, 7) is 15.8. The summed E-state index contributed by atoms with van der Waals surface area (Å²) in [6, 6.07) is 0.923. The molecule has 2 heterocycles. The quantitative estimate of drug-likeness (QED) is 0.0278.